The van der Waals surface area contributed by atoms with Gasteiger partial charge in [0.15, 0.2) is 0 Å². The third-order valence-corrected chi connectivity index (χ3v) is 5.21. The normalized spacial score (nSPS) is 12.0. The maximum Gasteiger partial charge on any atom is 0.304 e. The first-order valence-corrected chi connectivity index (χ1v) is 8.22. The van der Waals surface area contributed by atoms with Crippen LogP contribution in [0.3, 0.4) is 0 Å². The summed E-state index contributed by atoms with van der Waals surface area (Å²) in [6, 6.07) is 6.97. The molecule has 8 heteroatoms. The highest BCUT2D eigenvalue weighted by Gasteiger charge is 2.26. The summed E-state index contributed by atoms with van der Waals surface area (Å²) in [4.78, 5) is 10.5. The van der Waals surface area contributed by atoms with Crippen molar-refractivity contribution in [1.82, 2.24) is 8.61 Å². The van der Waals surface area contributed by atoms with Gasteiger partial charge in [-0.05, 0) is 17.7 Å². The Morgan fingerprint density at radius 2 is 2.05 bits per heavy atom. The zero-order chi connectivity index (χ0) is 16.0. The van der Waals surface area contributed by atoms with E-state index in [2.05, 4.69) is 0 Å². The molecule has 0 aliphatic rings. The van der Waals surface area contributed by atoms with Crippen molar-refractivity contribution in [2.75, 3.05) is 20.1 Å². The Hall–Kier alpha value is -1.15. The van der Waals surface area contributed by atoms with Gasteiger partial charge in [-0.3, -0.25) is 4.79 Å². The van der Waals surface area contributed by atoms with Crippen LogP contribution in [-0.4, -0.2) is 48.2 Å². The van der Waals surface area contributed by atoms with E-state index in [4.69, 9.17) is 16.7 Å². The van der Waals surface area contributed by atoms with Gasteiger partial charge in [-0.2, -0.15) is 17.0 Å². The van der Waals surface area contributed by atoms with Gasteiger partial charge in [0, 0.05) is 31.7 Å². The quantitative estimate of drug-likeness (QED) is 0.786. The van der Waals surface area contributed by atoms with Gasteiger partial charge in [-0.1, -0.05) is 30.7 Å². The van der Waals surface area contributed by atoms with Gasteiger partial charge in [0.25, 0.3) is 10.2 Å². The fourth-order valence-electron chi connectivity index (χ4n) is 1.76. The predicted molar refractivity (Wildman–Crippen MR) is 81.3 cm³/mol. The lowest BCUT2D eigenvalue weighted by Gasteiger charge is -2.26. The highest BCUT2D eigenvalue weighted by atomic mass is 35.5. The van der Waals surface area contributed by atoms with Gasteiger partial charge in [0.1, 0.15) is 0 Å². The monoisotopic (exact) mass is 334 g/mol. The van der Waals surface area contributed by atoms with Gasteiger partial charge in [-0.25, -0.2) is 0 Å². The zero-order valence-electron chi connectivity index (χ0n) is 12.0. The molecule has 0 unspecified atom stereocenters. The summed E-state index contributed by atoms with van der Waals surface area (Å²) in [5.74, 6) is -1.03. The third kappa shape index (κ3) is 5.28. The number of hydrogen-bond donors (Lipinski definition) is 1. The molecule has 0 heterocycles. The van der Waals surface area contributed by atoms with Crippen LogP contribution in [0.2, 0.25) is 5.02 Å². The average Bonchev–Trinajstić information content (AvgIpc) is 2.41. The maximum absolute atomic E-state index is 12.4. The summed E-state index contributed by atoms with van der Waals surface area (Å²) in [5.41, 5.74) is 0.777. The largest absolute Gasteiger partial charge is 0.481 e. The molecule has 0 aliphatic carbocycles. The van der Waals surface area contributed by atoms with E-state index in [0.717, 1.165) is 9.87 Å². The molecule has 1 aromatic rings. The predicted octanol–water partition coefficient (Wildman–Crippen LogP) is 1.81. The van der Waals surface area contributed by atoms with Crippen molar-refractivity contribution in [2.45, 2.75) is 19.9 Å². The van der Waals surface area contributed by atoms with E-state index in [0.29, 0.717) is 5.02 Å². The topological polar surface area (TPSA) is 77.9 Å². The van der Waals surface area contributed by atoms with Crippen LogP contribution in [0.1, 0.15) is 18.9 Å². The smallest absolute Gasteiger partial charge is 0.304 e. The first-order valence-electron chi connectivity index (χ1n) is 6.45. The first kappa shape index (κ1) is 17.9. The molecule has 0 spiro atoms. The average molecular weight is 335 g/mol. The third-order valence-electron chi connectivity index (χ3n) is 2.96. The minimum absolute atomic E-state index is 0.0658. The number of hydrogen-bond acceptors (Lipinski definition) is 3. The van der Waals surface area contributed by atoms with E-state index >= 15 is 0 Å². The molecule has 0 atom stereocenters. The van der Waals surface area contributed by atoms with Gasteiger partial charge in [0.05, 0.1) is 6.42 Å². The molecule has 0 amide bonds. The van der Waals surface area contributed by atoms with Crippen molar-refractivity contribution < 1.29 is 18.3 Å². The fourth-order valence-corrected chi connectivity index (χ4v) is 3.33. The Balaban J connectivity index is 2.84. The minimum atomic E-state index is -3.70. The fraction of sp³-hybridized carbons (Fsp3) is 0.462. The van der Waals surface area contributed by atoms with Crippen molar-refractivity contribution in [3.8, 4) is 0 Å². The van der Waals surface area contributed by atoms with E-state index in [-0.39, 0.29) is 26.1 Å². The van der Waals surface area contributed by atoms with Crippen LogP contribution < -0.4 is 0 Å². The van der Waals surface area contributed by atoms with Crippen molar-refractivity contribution in [2.24, 2.45) is 0 Å². The van der Waals surface area contributed by atoms with Crippen LogP contribution in [-0.2, 0) is 21.5 Å². The number of carboxylic acids is 1. The molecule has 118 valence electrons. The standard InChI is InChI=1S/C13H19ClN2O4S/c1-3-16(10-11-5-4-6-12(14)9-11)21(19,20)15(2)8-7-13(17)18/h4-6,9H,3,7-8,10H2,1-2H3,(H,17,18). The lowest BCUT2D eigenvalue weighted by atomic mass is 10.2. The van der Waals surface area contributed by atoms with Crippen molar-refractivity contribution in [3.63, 3.8) is 0 Å². The molecular formula is C13H19ClN2O4S. The summed E-state index contributed by atoms with van der Waals surface area (Å²) in [6.07, 6.45) is -0.232. The molecule has 0 saturated carbocycles. The van der Waals surface area contributed by atoms with E-state index < -0.39 is 16.2 Å². The summed E-state index contributed by atoms with van der Waals surface area (Å²) in [5, 5.41) is 9.18. The zero-order valence-corrected chi connectivity index (χ0v) is 13.6. The highest BCUT2D eigenvalue weighted by molar-refractivity contribution is 7.86. The van der Waals surface area contributed by atoms with Gasteiger partial charge >= 0.3 is 5.97 Å². The Kier molecular flexibility index (Phi) is 6.60. The molecule has 1 N–H and O–H groups in total. The molecular weight excluding hydrogens is 316 g/mol. The second-order valence-corrected chi connectivity index (χ2v) is 7.00. The highest BCUT2D eigenvalue weighted by Crippen LogP contribution is 2.16. The number of carboxylic acid groups (broad SMARTS) is 1. The number of benzene rings is 1. The lowest BCUT2D eigenvalue weighted by Crippen LogP contribution is -2.42. The maximum atomic E-state index is 12.4. The molecule has 0 radical (unpaired) electrons. The molecule has 0 saturated heterocycles. The van der Waals surface area contributed by atoms with Crippen LogP contribution >= 0.6 is 11.6 Å². The molecule has 0 aromatic heterocycles. The molecule has 1 aromatic carbocycles. The van der Waals surface area contributed by atoms with Crippen molar-refractivity contribution in [1.29, 1.82) is 0 Å². The van der Waals surface area contributed by atoms with Gasteiger partial charge < -0.3 is 5.11 Å². The van der Waals surface area contributed by atoms with Crippen LogP contribution in [0, 0.1) is 0 Å². The summed E-state index contributed by atoms with van der Waals surface area (Å²) >= 11 is 5.89. The Morgan fingerprint density at radius 3 is 2.57 bits per heavy atom. The molecule has 0 fully saturated rings. The second kappa shape index (κ2) is 7.74. The summed E-state index contributed by atoms with van der Waals surface area (Å²) in [6.45, 7) is 2.14. The Morgan fingerprint density at radius 1 is 1.38 bits per heavy atom. The van der Waals surface area contributed by atoms with E-state index in [1.54, 1.807) is 31.2 Å². The van der Waals surface area contributed by atoms with Crippen LogP contribution in [0.5, 0.6) is 0 Å². The molecule has 1 rings (SSSR count). The van der Waals surface area contributed by atoms with Crippen molar-refractivity contribution in [3.05, 3.63) is 34.9 Å². The Bertz CT molecular complexity index is 592. The summed E-state index contributed by atoms with van der Waals surface area (Å²) < 4.78 is 27.1. The lowest BCUT2D eigenvalue weighted by molar-refractivity contribution is -0.137. The number of carbonyl (C=O) groups is 1. The van der Waals surface area contributed by atoms with E-state index in [9.17, 15) is 13.2 Å². The van der Waals surface area contributed by atoms with E-state index in [1.807, 2.05) is 0 Å². The van der Waals surface area contributed by atoms with Gasteiger partial charge in [-0.15, -0.1) is 0 Å². The Labute approximate surface area is 130 Å². The first-order chi connectivity index (χ1) is 9.77. The number of aliphatic carboxylic acids is 1. The molecule has 0 bridgehead atoms. The SMILES string of the molecule is CCN(Cc1cccc(Cl)c1)S(=O)(=O)N(C)CCC(=O)O. The van der Waals surface area contributed by atoms with Crippen LogP contribution in [0.15, 0.2) is 24.3 Å². The van der Waals surface area contributed by atoms with Gasteiger partial charge in [0.2, 0.25) is 0 Å². The number of halogens is 1. The van der Waals surface area contributed by atoms with E-state index in [1.165, 1.54) is 11.4 Å². The molecule has 6 nitrogen and oxygen atoms in total. The molecule has 21 heavy (non-hydrogen) atoms. The summed E-state index contributed by atoms with van der Waals surface area (Å²) in [7, 11) is -2.32. The number of rotatable bonds is 8. The number of nitrogens with zero attached hydrogens (tertiary/aromatic N) is 2. The van der Waals surface area contributed by atoms with Crippen molar-refractivity contribution >= 4 is 27.8 Å². The van der Waals surface area contributed by atoms with Crippen LogP contribution in [0.25, 0.3) is 0 Å². The minimum Gasteiger partial charge on any atom is -0.481 e. The van der Waals surface area contributed by atoms with Crippen LogP contribution in [0.4, 0.5) is 0 Å². The second-order valence-electron chi connectivity index (χ2n) is 4.53. The molecule has 0 aliphatic heterocycles.